The molecule has 0 aromatic carbocycles. The molecule has 1 aliphatic heterocycles. The van der Waals surface area contributed by atoms with Crippen molar-refractivity contribution in [2.75, 3.05) is 20.2 Å². The lowest BCUT2D eigenvalue weighted by atomic mass is 10.5. The van der Waals surface area contributed by atoms with Crippen molar-refractivity contribution in [3.05, 3.63) is 0 Å². The molecule has 72 valence electrons. The second-order valence-electron chi connectivity index (χ2n) is 3.58. The molecule has 0 N–H and O–H groups in total. The van der Waals surface area contributed by atoms with E-state index in [4.69, 9.17) is 4.52 Å². The highest BCUT2D eigenvalue weighted by atomic mass is 32.1. The first kappa shape index (κ1) is 10.6. The summed E-state index contributed by atoms with van der Waals surface area (Å²) in [6.45, 7) is 5.09. The molecule has 0 bridgehead atoms. The maximum Gasteiger partial charge on any atom is 0.287 e. The van der Waals surface area contributed by atoms with Crippen LogP contribution in [-0.4, -0.2) is 29.4 Å². The van der Waals surface area contributed by atoms with E-state index in [0.29, 0.717) is 6.61 Å². The SMILES string of the molecule is CN1CCCOP1(=O)C(C)(C)S. The highest BCUT2D eigenvalue weighted by Crippen LogP contribution is 2.63. The van der Waals surface area contributed by atoms with E-state index in [9.17, 15) is 4.57 Å². The Labute approximate surface area is 79.4 Å². The lowest BCUT2D eigenvalue weighted by Gasteiger charge is -2.39. The average molecular weight is 209 g/mol. The second kappa shape index (κ2) is 3.33. The summed E-state index contributed by atoms with van der Waals surface area (Å²) in [6.07, 6.45) is 0.949. The van der Waals surface area contributed by atoms with Crippen LogP contribution in [0.4, 0.5) is 0 Å². The van der Waals surface area contributed by atoms with E-state index in [-0.39, 0.29) is 0 Å². The van der Waals surface area contributed by atoms with Gasteiger partial charge in [0.15, 0.2) is 0 Å². The average Bonchev–Trinajstić information content (AvgIpc) is 1.93. The maximum atomic E-state index is 12.2. The maximum absolute atomic E-state index is 12.2. The van der Waals surface area contributed by atoms with Gasteiger partial charge in [0.25, 0.3) is 7.52 Å². The minimum absolute atomic E-state index is 0.567. The summed E-state index contributed by atoms with van der Waals surface area (Å²) in [5.41, 5.74) is 0. The third-order valence-electron chi connectivity index (χ3n) is 2.03. The quantitative estimate of drug-likeness (QED) is 0.530. The third kappa shape index (κ3) is 1.72. The molecule has 1 atom stereocenters. The van der Waals surface area contributed by atoms with Gasteiger partial charge in [-0.2, -0.15) is 12.6 Å². The monoisotopic (exact) mass is 209 g/mol. The molecular weight excluding hydrogens is 193 g/mol. The van der Waals surface area contributed by atoms with Gasteiger partial charge in [-0.15, -0.1) is 0 Å². The lowest BCUT2D eigenvalue weighted by molar-refractivity contribution is 0.215. The Morgan fingerprint density at radius 3 is 2.50 bits per heavy atom. The molecule has 1 saturated heterocycles. The molecule has 1 heterocycles. The minimum Gasteiger partial charge on any atom is -0.316 e. The van der Waals surface area contributed by atoms with E-state index >= 15 is 0 Å². The number of hydrogen-bond acceptors (Lipinski definition) is 3. The van der Waals surface area contributed by atoms with Crippen LogP contribution >= 0.6 is 20.1 Å². The van der Waals surface area contributed by atoms with Crippen LogP contribution in [0.5, 0.6) is 0 Å². The van der Waals surface area contributed by atoms with E-state index in [0.717, 1.165) is 13.0 Å². The third-order valence-corrected chi connectivity index (χ3v) is 5.81. The fourth-order valence-electron chi connectivity index (χ4n) is 1.29. The van der Waals surface area contributed by atoms with Crippen molar-refractivity contribution in [3.8, 4) is 0 Å². The van der Waals surface area contributed by atoms with Crippen molar-refractivity contribution in [2.45, 2.75) is 24.8 Å². The molecule has 0 aliphatic carbocycles. The first-order valence-corrected chi connectivity index (χ1v) is 6.09. The van der Waals surface area contributed by atoms with Crippen LogP contribution in [0.2, 0.25) is 0 Å². The van der Waals surface area contributed by atoms with Gasteiger partial charge in [-0.25, -0.2) is 4.67 Å². The van der Waals surface area contributed by atoms with E-state index in [2.05, 4.69) is 12.6 Å². The predicted octanol–water partition coefficient (Wildman–Crippen LogP) is 2.20. The molecule has 0 amide bonds. The van der Waals surface area contributed by atoms with Gasteiger partial charge in [0.1, 0.15) is 0 Å². The van der Waals surface area contributed by atoms with Crippen LogP contribution in [-0.2, 0) is 9.09 Å². The standard InChI is InChI=1S/C7H16NO2PS/c1-7(2,12)11(9)8(3)5-4-6-10-11/h12H,4-6H2,1-3H3. The van der Waals surface area contributed by atoms with Gasteiger partial charge in [-0.05, 0) is 27.3 Å². The van der Waals surface area contributed by atoms with Gasteiger partial charge in [0, 0.05) is 6.54 Å². The molecule has 0 spiro atoms. The second-order valence-corrected chi connectivity index (χ2v) is 8.15. The molecule has 0 saturated carbocycles. The topological polar surface area (TPSA) is 29.5 Å². The van der Waals surface area contributed by atoms with Gasteiger partial charge >= 0.3 is 0 Å². The summed E-state index contributed by atoms with van der Waals surface area (Å²) in [7, 11) is -0.860. The summed E-state index contributed by atoms with van der Waals surface area (Å²) in [6, 6.07) is 0. The van der Waals surface area contributed by atoms with Crippen molar-refractivity contribution >= 4 is 20.1 Å². The molecule has 0 aromatic heterocycles. The van der Waals surface area contributed by atoms with Crippen molar-refractivity contribution in [2.24, 2.45) is 0 Å². The highest BCUT2D eigenvalue weighted by Gasteiger charge is 2.44. The molecule has 5 heteroatoms. The molecule has 0 aromatic rings. The number of rotatable bonds is 1. The largest absolute Gasteiger partial charge is 0.316 e. The van der Waals surface area contributed by atoms with Crippen LogP contribution in [0.15, 0.2) is 0 Å². The summed E-state index contributed by atoms with van der Waals surface area (Å²) in [5.74, 6) is 0. The van der Waals surface area contributed by atoms with Gasteiger partial charge in [-0.3, -0.25) is 4.57 Å². The van der Waals surface area contributed by atoms with E-state index in [1.54, 1.807) is 4.67 Å². The Morgan fingerprint density at radius 1 is 1.58 bits per heavy atom. The van der Waals surface area contributed by atoms with E-state index in [1.807, 2.05) is 20.9 Å². The molecule has 1 aliphatic rings. The van der Waals surface area contributed by atoms with Crippen LogP contribution < -0.4 is 0 Å². The molecule has 0 radical (unpaired) electrons. The summed E-state index contributed by atoms with van der Waals surface area (Å²) >= 11 is 4.31. The van der Waals surface area contributed by atoms with Crippen LogP contribution in [0, 0.1) is 0 Å². The van der Waals surface area contributed by atoms with Gasteiger partial charge in [0.05, 0.1) is 11.1 Å². The Morgan fingerprint density at radius 2 is 2.17 bits per heavy atom. The highest BCUT2D eigenvalue weighted by molar-refractivity contribution is 7.91. The van der Waals surface area contributed by atoms with Crippen LogP contribution in [0.25, 0.3) is 0 Å². The Hall–Kier alpha value is 0.500. The van der Waals surface area contributed by atoms with E-state index in [1.165, 1.54) is 0 Å². The zero-order chi connectivity index (χ0) is 9.41. The first-order chi connectivity index (χ1) is 5.38. The van der Waals surface area contributed by atoms with Crippen molar-refractivity contribution < 1.29 is 9.09 Å². The summed E-state index contributed by atoms with van der Waals surface area (Å²) in [5, 5.41) is 0. The van der Waals surface area contributed by atoms with Crippen molar-refractivity contribution in [1.29, 1.82) is 0 Å². The van der Waals surface area contributed by atoms with Crippen LogP contribution in [0.3, 0.4) is 0 Å². The molecule has 1 unspecified atom stereocenters. The smallest absolute Gasteiger partial charge is 0.287 e. The summed E-state index contributed by atoms with van der Waals surface area (Å²) in [4.78, 5) is 0. The van der Waals surface area contributed by atoms with E-state index < -0.39 is 12.0 Å². The Balaban J connectivity index is 2.88. The van der Waals surface area contributed by atoms with Crippen molar-refractivity contribution in [3.63, 3.8) is 0 Å². The van der Waals surface area contributed by atoms with Crippen LogP contribution in [0.1, 0.15) is 20.3 Å². The lowest BCUT2D eigenvalue weighted by Crippen LogP contribution is -2.32. The number of thiol groups is 1. The van der Waals surface area contributed by atoms with Crippen molar-refractivity contribution in [1.82, 2.24) is 4.67 Å². The molecule has 1 rings (SSSR count). The molecule has 3 nitrogen and oxygen atoms in total. The fourth-order valence-corrected chi connectivity index (χ4v) is 4.05. The molecular formula is C7H16NO2PS. The zero-order valence-corrected chi connectivity index (χ0v) is 9.57. The minimum atomic E-state index is -2.69. The normalized spacial score (nSPS) is 33.7. The Kier molecular flexibility index (Phi) is 2.94. The number of nitrogens with zero attached hydrogens (tertiary/aromatic N) is 1. The molecule has 12 heavy (non-hydrogen) atoms. The fraction of sp³-hybridized carbons (Fsp3) is 1.00. The zero-order valence-electron chi connectivity index (χ0n) is 7.78. The predicted molar refractivity (Wildman–Crippen MR) is 53.9 cm³/mol. The van der Waals surface area contributed by atoms with Gasteiger partial charge in [-0.1, -0.05) is 0 Å². The summed E-state index contributed by atoms with van der Waals surface area (Å²) < 4.78 is 18.8. The molecule has 1 fully saturated rings. The Bertz CT molecular complexity index is 214. The van der Waals surface area contributed by atoms with Gasteiger partial charge < -0.3 is 4.52 Å². The first-order valence-electron chi connectivity index (χ1n) is 4.06. The van der Waals surface area contributed by atoms with Gasteiger partial charge in [0.2, 0.25) is 0 Å². The number of hydrogen-bond donors (Lipinski definition) is 1.